The monoisotopic (exact) mass is 436 g/mol. The van der Waals surface area contributed by atoms with Gasteiger partial charge in [0.1, 0.15) is 6.10 Å². The Balaban J connectivity index is 0.000000558. The van der Waals surface area contributed by atoms with Crippen LogP contribution in [-0.4, -0.2) is 39.6 Å². The summed E-state index contributed by atoms with van der Waals surface area (Å²) in [5.74, 6) is 0.429. The molecule has 0 spiro atoms. The van der Waals surface area contributed by atoms with Gasteiger partial charge in [0.05, 0.1) is 18.0 Å². The molecule has 2 fully saturated rings. The van der Waals surface area contributed by atoms with Crippen LogP contribution in [0.2, 0.25) is 0 Å². The molecule has 3 rings (SSSR count). The summed E-state index contributed by atoms with van der Waals surface area (Å²) in [6, 6.07) is 4.04. The largest absolute Gasteiger partial charge is 0.495 e. The van der Waals surface area contributed by atoms with Gasteiger partial charge in [-0.1, -0.05) is 50.5 Å². The number of fused-ring (bicyclic) bond motifs is 1. The van der Waals surface area contributed by atoms with Crippen molar-refractivity contribution in [2.24, 2.45) is 11.8 Å². The van der Waals surface area contributed by atoms with Crippen LogP contribution < -0.4 is 0 Å². The second kappa shape index (κ2) is 13.6. The number of unbranched alkanes of at least 4 members (excludes halogenated alkanes) is 3. The van der Waals surface area contributed by atoms with Gasteiger partial charge < -0.3 is 20.1 Å². The summed E-state index contributed by atoms with van der Waals surface area (Å²) in [7, 11) is 0. The third-order valence-electron chi connectivity index (χ3n) is 5.68. The highest BCUT2D eigenvalue weighted by atomic mass is 32.1. The lowest BCUT2D eigenvalue weighted by molar-refractivity contribution is -0.137. The lowest BCUT2D eigenvalue weighted by Crippen LogP contribution is -2.18. The number of allylic oxidation sites excluding steroid dienone is 2. The minimum absolute atomic E-state index is 0.0238. The summed E-state index contributed by atoms with van der Waals surface area (Å²) in [4.78, 5) is 10.5. The number of ether oxygens (including phenoxy) is 1. The summed E-state index contributed by atoms with van der Waals surface area (Å²) in [6.07, 6.45) is 12.0. The fraction of sp³-hybridized carbons (Fsp3) is 0.625. The Hall–Kier alpha value is -1.63. The van der Waals surface area contributed by atoms with E-state index in [1.807, 2.05) is 41.1 Å². The zero-order chi connectivity index (χ0) is 21.8. The lowest BCUT2D eigenvalue weighted by atomic mass is 9.90. The van der Waals surface area contributed by atoms with Crippen molar-refractivity contribution >= 4 is 17.3 Å². The van der Waals surface area contributed by atoms with Crippen LogP contribution in [0.15, 0.2) is 46.9 Å². The molecule has 0 aromatic carbocycles. The molecule has 1 aliphatic carbocycles. The van der Waals surface area contributed by atoms with E-state index in [9.17, 15) is 15.0 Å². The van der Waals surface area contributed by atoms with Crippen LogP contribution in [0.3, 0.4) is 0 Å². The zero-order valence-corrected chi connectivity index (χ0v) is 18.7. The lowest BCUT2D eigenvalue weighted by Gasteiger charge is -2.16. The Morgan fingerprint density at radius 1 is 1.30 bits per heavy atom. The van der Waals surface area contributed by atoms with Crippen molar-refractivity contribution in [3.63, 3.8) is 0 Å². The summed E-state index contributed by atoms with van der Waals surface area (Å²) in [5, 5.41) is 33.1. The van der Waals surface area contributed by atoms with Crippen LogP contribution in [0, 0.1) is 11.8 Å². The first-order valence-corrected chi connectivity index (χ1v) is 12.0. The van der Waals surface area contributed by atoms with Gasteiger partial charge in [-0.15, -0.1) is 0 Å². The van der Waals surface area contributed by atoms with E-state index in [1.165, 1.54) is 0 Å². The Kier molecular flexibility index (Phi) is 11.2. The van der Waals surface area contributed by atoms with Gasteiger partial charge in [0.25, 0.3) is 0 Å². The molecule has 0 bridgehead atoms. The topological polar surface area (TPSA) is 87.0 Å². The number of aliphatic hydroxyl groups is 2. The molecule has 2 heterocycles. The van der Waals surface area contributed by atoms with Gasteiger partial charge in [0.15, 0.2) is 0 Å². The van der Waals surface area contributed by atoms with Gasteiger partial charge in [-0.2, -0.15) is 11.3 Å². The fourth-order valence-corrected chi connectivity index (χ4v) is 4.54. The average Bonchev–Trinajstić information content (AvgIpc) is 3.44. The number of rotatable bonds is 10. The molecule has 0 unspecified atom stereocenters. The number of thiophene rings is 1. The van der Waals surface area contributed by atoms with E-state index in [0.717, 1.165) is 37.9 Å². The first-order valence-electron chi connectivity index (χ1n) is 11.1. The first kappa shape index (κ1) is 24.6. The molecule has 1 aliphatic heterocycles. The molecule has 5 atom stereocenters. The molecular formula is C24H36O5S. The second-order valence-electron chi connectivity index (χ2n) is 8.10. The second-order valence-corrected chi connectivity index (χ2v) is 8.92. The highest BCUT2D eigenvalue weighted by molar-refractivity contribution is 7.07. The van der Waals surface area contributed by atoms with Crippen molar-refractivity contribution in [3.8, 4) is 0 Å². The molecule has 1 aromatic heterocycles. The minimum Gasteiger partial charge on any atom is -0.495 e. The molecule has 2 aliphatic rings. The Morgan fingerprint density at radius 3 is 2.70 bits per heavy atom. The van der Waals surface area contributed by atoms with Crippen LogP contribution >= 0.6 is 11.3 Å². The third-order valence-corrected chi connectivity index (χ3v) is 6.31. The van der Waals surface area contributed by atoms with Crippen molar-refractivity contribution in [3.05, 3.63) is 46.9 Å². The molecule has 6 heteroatoms. The van der Waals surface area contributed by atoms with E-state index in [-0.39, 0.29) is 24.4 Å². The summed E-state index contributed by atoms with van der Waals surface area (Å²) < 4.78 is 5.94. The zero-order valence-electron chi connectivity index (χ0n) is 17.9. The predicted octanol–water partition coefficient (Wildman–Crippen LogP) is 5.16. The van der Waals surface area contributed by atoms with Crippen molar-refractivity contribution in [1.82, 2.24) is 0 Å². The fourth-order valence-electron chi connectivity index (χ4n) is 4.08. The maximum atomic E-state index is 10.5. The van der Waals surface area contributed by atoms with Crippen LogP contribution in [0.25, 0.3) is 0 Å². The van der Waals surface area contributed by atoms with E-state index < -0.39 is 18.2 Å². The maximum absolute atomic E-state index is 10.5. The molecule has 0 amide bonds. The molecule has 30 heavy (non-hydrogen) atoms. The summed E-state index contributed by atoms with van der Waals surface area (Å²) >= 11 is 1.71. The van der Waals surface area contributed by atoms with Gasteiger partial charge in [0, 0.05) is 31.1 Å². The number of aliphatic hydroxyl groups excluding tert-OH is 2. The van der Waals surface area contributed by atoms with E-state index in [4.69, 9.17) is 9.84 Å². The van der Waals surface area contributed by atoms with E-state index in [2.05, 4.69) is 6.92 Å². The quantitative estimate of drug-likeness (QED) is 0.348. The first-order chi connectivity index (χ1) is 14.5. The average molecular weight is 437 g/mol. The number of hydrogen-bond acceptors (Lipinski definition) is 5. The van der Waals surface area contributed by atoms with Crippen LogP contribution in [0.5, 0.6) is 0 Å². The number of aliphatic carboxylic acids is 1. The van der Waals surface area contributed by atoms with Crippen LogP contribution in [0.4, 0.5) is 0 Å². The van der Waals surface area contributed by atoms with Gasteiger partial charge in [-0.3, -0.25) is 4.79 Å². The molecular weight excluding hydrogens is 400 g/mol. The highest BCUT2D eigenvalue weighted by Gasteiger charge is 2.46. The maximum Gasteiger partial charge on any atom is 0.303 e. The number of carboxylic acid groups (broad SMARTS) is 1. The van der Waals surface area contributed by atoms with Gasteiger partial charge in [-0.05, 0) is 36.1 Å². The van der Waals surface area contributed by atoms with Crippen LogP contribution in [-0.2, 0) is 9.53 Å². The molecule has 5 nitrogen and oxygen atoms in total. The number of hydrogen-bond donors (Lipinski definition) is 3. The Morgan fingerprint density at radius 2 is 2.07 bits per heavy atom. The molecule has 1 aromatic rings. The van der Waals surface area contributed by atoms with Crippen molar-refractivity contribution < 1.29 is 24.9 Å². The van der Waals surface area contributed by atoms with E-state index in [1.54, 1.807) is 11.3 Å². The summed E-state index contributed by atoms with van der Waals surface area (Å²) in [5.41, 5.74) is 0. The normalized spacial score (nSPS) is 27.5. The van der Waals surface area contributed by atoms with E-state index >= 15 is 0 Å². The highest BCUT2D eigenvalue weighted by Crippen LogP contribution is 2.45. The van der Waals surface area contributed by atoms with Crippen LogP contribution in [0.1, 0.15) is 64.7 Å². The molecule has 1 saturated heterocycles. The van der Waals surface area contributed by atoms with Gasteiger partial charge >= 0.3 is 5.97 Å². The van der Waals surface area contributed by atoms with Gasteiger partial charge in [-0.25, -0.2) is 0 Å². The minimum atomic E-state index is -0.770. The Bertz CT molecular complexity index is 637. The Labute approximate surface area is 184 Å². The number of carbonyl (C=O) groups is 1. The van der Waals surface area contributed by atoms with Gasteiger partial charge in [0.2, 0.25) is 0 Å². The molecule has 0 radical (unpaired) electrons. The van der Waals surface area contributed by atoms with Crippen molar-refractivity contribution in [1.29, 1.82) is 0 Å². The summed E-state index contributed by atoms with van der Waals surface area (Å²) in [6.45, 7) is 2.14. The SMILES string of the molecule is CCCCC[C@H](O)/C=C/[C@@H]1[C@H]2C/C(=C/CCCC(=O)O)O[C@H]2C[C@H]1O.c1ccsc1. The van der Waals surface area contributed by atoms with Crippen molar-refractivity contribution in [2.75, 3.05) is 0 Å². The standard InChI is InChI=1S/C20H32O5.C4H4S/c1-2-3-4-7-14(21)10-11-16-17-12-15(8-5-6-9-20(23)24)25-19(17)13-18(16)22;1-2-4-5-3-1/h8,10-11,14,16-19,21-22H,2-7,9,12-13H2,1H3,(H,23,24);1-4H/b11-10+,15-8-;/t14-,16+,17+,18+,19-;/m0./s1. The molecule has 168 valence electrons. The van der Waals surface area contributed by atoms with Crippen molar-refractivity contribution in [2.45, 2.75) is 83.0 Å². The number of carboxylic acids is 1. The predicted molar refractivity (Wildman–Crippen MR) is 120 cm³/mol. The van der Waals surface area contributed by atoms with E-state index in [0.29, 0.717) is 19.3 Å². The molecule has 3 N–H and O–H groups in total. The molecule has 1 saturated carbocycles. The smallest absolute Gasteiger partial charge is 0.303 e. The third kappa shape index (κ3) is 8.62.